The number of carbonyl (C=O) groups excluding carboxylic acids is 2. The van der Waals surface area contributed by atoms with Crippen molar-refractivity contribution in [2.45, 2.75) is 18.6 Å². The van der Waals surface area contributed by atoms with Crippen molar-refractivity contribution in [2.75, 3.05) is 11.1 Å². The van der Waals surface area contributed by atoms with Crippen molar-refractivity contribution < 1.29 is 9.59 Å². The summed E-state index contributed by atoms with van der Waals surface area (Å²) in [6.07, 6.45) is 3.06. The minimum Gasteiger partial charge on any atom is -0.345 e. The number of anilines is 1. The first-order valence-electron chi connectivity index (χ1n) is 9.61. The van der Waals surface area contributed by atoms with Crippen LogP contribution in [0.1, 0.15) is 17.0 Å². The first-order valence-corrected chi connectivity index (χ1v) is 11.4. The van der Waals surface area contributed by atoms with Gasteiger partial charge in [0.25, 0.3) is 0 Å². The van der Waals surface area contributed by atoms with Crippen LogP contribution in [0.15, 0.2) is 53.7 Å². The van der Waals surface area contributed by atoms with E-state index in [4.69, 9.17) is 23.2 Å². The monoisotopic (exact) mass is 489 g/mol. The van der Waals surface area contributed by atoms with Crippen molar-refractivity contribution in [3.05, 3.63) is 75.5 Å². The molecule has 0 atom stereocenters. The quantitative estimate of drug-likeness (QED) is 0.359. The first kappa shape index (κ1) is 23.8. The number of hydrogen-bond donors (Lipinski definition) is 2. The lowest BCUT2D eigenvalue weighted by Gasteiger charge is -2.09. The Kier molecular flexibility index (Phi) is 8.33. The van der Waals surface area contributed by atoms with Crippen molar-refractivity contribution in [3.8, 4) is 0 Å². The second kappa shape index (κ2) is 11.2. The van der Waals surface area contributed by atoms with Crippen molar-refractivity contribution >= 4 is 58.5 Å². The lowest BCUT2D eigenvalue weighted by molar-refractivity contribution is -0.116. The molecule has 0 aliphatic heterocycles. The highest BCUT2D eigenvalue weighted by Crippen LogP contribution is 2.23. The highest BCUT2D eigenvalue weighted by Gasteiger charge is 2.13. The van der Waals surface area contributed by atoms with Crippen LogP contribution in [0.4, 0.5) is 5.69 Å². The van der Waals surface area contributed by atoms with Crippen LogP contribution in [0.5, 0.6) is 0 Å². The van der Waals surface area contributed by atoms with Crippen LogP contribution in [0.3, 0.4) is 0 Å². The second-order valence-corrected chi connectivity index (χ2v) is 8.54. The van der Waals surface area contributed by atoms with Gasteiger partial charge in [-0.2, -0.15) is 0 Å². The summed E-state index contributed by atoms with van der Waals surface area (Å²) in [6, 6.07) is 12.6. The maximum absolute atomic E-state index is 12.3. The zero-order valence-electron chi connectivity index (χ0n) is 17.4. The fraction of sp³-hybridized carbons (Fsp3) is 0.182. The Morgan fingerprint density at radius 2 is 1.84 bits per heavy atom. The highest BCUT2D eigenvalue weighted by molar-refractivity contribution is 7.99. The van der Waals surface area contributed by atoms with Gasteiger partial charge in [0.15, 0.2) is 11.0 Å². The van der Waals surface area contributed by atoms with E-state index in [1.54, 1.807) is 42.0 Å². The van der Waals surface area contributed by atoms with Gasteiger partial charge in [-0.25, -0.2) is 0 Å². The third-order valence-corrected chi connectivity index (χ3v) is 6.31. The third kappa shape index (κ3) is 6.35. The van der Waals surface area contributed by atoms with Gasteiger partial charge < -0.3 is 15.2 Å². The van der Waals surface area contributed by atoms with Crippen LogP contribution >= 0.6 is 35.0 Å². The van der Waals surface area contributed by atoms with E-state index in [0.717, 1.165) is 11.1 Å². The molecular weight excluding hydrogens is 469 g/mol. The Morgan fingerprint density at radius 3 is 2.62 bits per heavy atom. The van der Waals surface area contributed by atoms with Gasteiger partial charge in [0.2, 0.25) is 11.8 Å². The summed E-state index contributed by atoms with van der Waals surface area (Å²) in [7, 11) is 1.78. The molecule has 2 N–H and O–H groups in total. The smallest absolute Gasteiger partial charge is 0.244 e. The molecule has 10 heteroatoms. The molecular formula is C22H21Cl2N5O2S. The Morgan fingerprint density at radius 1 is 1.09 bits per heavy atom. The Labute approximate surface area is 200 Å². The maximum atomic E-state index is 12.3. The average molecular weight is 490 g/mol. The Bertz CT molecular complexity index is 1160. The van der Waals surface area contributed by atoms with Crippen LogP contribution in [0.2, 0.25) is 10.0 Å². The van der Waals surface area contributed by atoms with E-state index in [0.29, 0.717) is 26.7 Å². The van der Waals surface area contributed by atoms with Crippen LogP contribution in [-0.4, -0.2) is 32.3 Å². The molecule has 3 rings (SSSR count). The minimum absolute atomic E-state index is 0.158. The zero-order chi connectivity index (χ0) is 23.1. The number of thioether (sulfide) groups is 1. The van der Waals surface area contributed by atoms with Gasteiger partial charge in [-0.3, -0.25) is 9.59 Å². The number of nitrogens with one attached hydrogen (secondary N) is 2. The molecule has 0 aliphatic carbocycles. The van der Waals surface area contributed by atoms with Crippen LogP contribution in [0.25, 0.3) is 6.08 Å². The van der Waals surface area contributed by atoms with Crippen LogP contribution in [-0.2, 0) is 23.2 Å². The SMILES string of the molecule is Cc1c(Cl)cccc1NC(=O)CSc1nnc(CNC(=O)/C=C/c2ccccc2Cl)n1C. The Hall–Kier alpha value is -2.81. The number of rotatable bonds is 8. The summed E-state index contributed by atoms with van der Waals surface area (Å²) in [5, 5.41) is 15.5. The topological polar surface area (TPSA) is 88.9 Å². The van der Waals surface area contributed by atoms with Gasteiger partial charge in [0.05, 0.1) is 12.3 Å². The summed E-state index contributed by atoms with van der Waals surface area (Å²) in [4.78, 5) is 24.4. The number of halogens is 2. The van der Waals surface area contributed by atoms with E-state index >= 15 is 0 Å². The molecule has 1 heterocycles. The molecule has 0 radical (unpaired) electrons. The lowest BCUT2D eigenvalue weighted by atomic mass is 10.2. The molecule has 3 aromatic rings. The average Bonchev–Trinajstić information content (AvgIpc) is 3.13. The Balaban J connectivity index is 1.50. The van der Waals surface area contributed by atoms with E-state index in [1.807, 2.05) is 25.1 Å². The number of benzene rings is 2. The molecule has 0 unspecified atom stereocenters. The normalized spacial score (nSPS) is 11.0. The second-order valence-electron chi connectivity index (χ2n) is 6.78. The van der Waals surface area contributed by atoms with E-state index in [1.165, 1.54) is 17.8 Å². The molecule has 0 saturated heterocycles. The number of nitrogens with zero attached hydrogens (tertiary/aromatic N) is 3. The molecule has 2 aromatic carbocycles. The van der Waals surface area contributed by atoms with Crippen molar-refractivity contribution in [1.29, 1.82) is 0 Å². The molecule has 1 aromatic heterocycles. The van der Waals surface area contributed by atoms with Crippen LogP contribution < -0.4 is 10.6 Å². The molecule has 0 saturated carbocycles. The molecule has 2 amide bonds. The van der Waals surface area contributed by atoms with E-state index in [-0.39, 0.29) is 24.1 Å². The molecule has 0 aliphatic rings. The van der Waals surface area contributed by atoms with Crippen LogP contribution in [0, 0.1) is 6.92 Å². The van der Waals surface area contributed by atoms with Crippen molar-refractivity contribution in [1.82, 2.24) is 20.1 Å². The molecule has 7 nitrogen and oxygen atoms in total. The van der Waals surface area contributed by atoms with Gasteiger partial charge in [-0.05, 0) is 42.3 Å². The lowest BCUT2D eigenvalue weighted by Crippen LogP contribution is -2.22. The van der Waals surface area contributed by atoms with E-state index < -0.39 is 0 Å². The predicted octanol–water partition coefficient (Wildman–Crippen LogP) is 4.49. The van der Waals surface area contributed by atoms with Crippen molar-refractivity contribution in [3.63, 3.8) is 0 Å². The molecule has 0 bridgehead atoms. The van der Waals surface area contributed by atoms with Crippen molar-refractivity contribution in [2.24, 2.45) is 7.05 Å². The molecule has 0 spiro atoms. The first-order chi connectivity index (χ1) is 15.3. The summed E-state index contributed by atoms with van der Waals surface area (Å²) >= 11 is 13.4. The van der Waals surface area contributed by atoms with Gasteiger partial charge in [0, 0.05) is 28.9 Å². The maximum Gasteiger partial charge on any atom is 0.244 e. The highest BCUT2D eigenvalue weighted by atomic mass is 35.5. The zero-order valence-corrected chi connectivity index (χ0v) is 19.8. The standard InChI is InChI=1S/C22H21Cl2N5O2S/c1-14-16(23)8-5-9-18(14)26-21(31)13-32-22-28-27-19(29(22)2)12-25-20(30)11-10-15-6-3-4-7-17(15)24/h3-11H,12-13H2,1-2H3,(H,25,30)(H,26,31)/b11-10+. The van der Waals surface area contributed by atoms with Gasteiger partial charge >= 0.3 is 0 Å². The fourth-order valence-electron chi connectivity index (χ4n) is 2.68. The third-order valence-electron chi connectivity index (χ3n) is 4.54. The van der Waals surface area contributed by atoms with E-state index in [9.17, 15) is 9.59 Å². The van der Waals surface area contributed by atoms with Gasteiger partial charge in [0.1, 0.15) is 0 Å². The van der Waals surface area contributed by atoms with Gasteiger partial charge in [-0.15, -0.1) is 10.2 Å². The summed E-state index contributed by atoms with van der Waals surface area (Å²) in [6.45, 7) is 2.04. The largest absolute Gasteiger partial charge is 0.345 e. The predicted molar refractivity (Wildman–Crippen MR) is 129 cm³/mol. The summed E-state index contributed by atoms with van der Waals surface area (Å²) in [5.41, 5.74) is 2.25. The number of amides is 2. The summed E-state index contributed by atoms with van der Waals surface area (Å²) in [5.74, 6) is 0.268. The molecule has 32 heavy (non-hydrogen) atoms. The van der Waals surface area contributed by atoms with E-state index in [2.05, 4.69) is 20.8 Å². The number of aromatic nitrogens is 3. The number of carbonyl (C=O) groups is 2. The van der Waals surface area contributed by atoms with Gasteiger partial charge in [-0.1, -0.05) is 59.2 Å². The fourth-order valence-corrected chi connectivity index (χ4v) is 3.79. The molecule has 0 fully saturated rings. The molecule has 166 valence electrons. The minimum atomic E-state index is -0.279. The summed E-state index contributed by atoms with van der Waals surface area (Å²) < 4.78 is 1.74. The number of hydrogen-bond acceptors (Lipinski definition) is 5.